The van der Waals surface area contributed by atoms with Crippen molar-refractivity contribution in [2.45, 2.75) is 61.6 Å². The van der Waals surface area contributed by atoms with Crippen molar-refractivity contribution in [3.8, 4) is 0 Å². The van der Waals surface area contributed by atoms with E-state index >= 15 is 0 Å². The average Bonchev–Trinajstić information content (AvgIpc) is 2.41. The molecule has 0 radical (unpaired) electrons. The van der Waals surface area contributed by atoms with E-state index in [-0.39, 0.29) is 16.2 Å². The molecule has 1 N–H and O–H groups in total. The van der Waals surface area contributed by atoms with E-state index in [0.717, 1.165) is 44.7 Å². The van der Waals surface area contributed by atoms with Gasteiger partial charge in [0.1, 0.15) is 11.6 Å². The summed E-state index contributed by atoms with van der Waals surface area (Å²) in [6.45, 7) is 2.83. The first-order valence-corrected chi connectivity index (χ1v) is 8.93. The molecule has 1 saturated carbocycles. The van der Waals surface area contributed by atoms with Crippen molar-refractivity contribution in [2.75, 3.05) is 6.54 Å². The summed E-state index contributed by atoms with van der Waals surface area (Å²) in [5, 5.41) is 3.29. The van der Waals surface area contributed by atoms with E-state index in [9.17, 15) is 13.0 Å². The van der Waals surface area contributed by atoms with Crippen LogP contribution in [-0.4, -0.2) is 22.0 Å². The van der Waals surface area contributed by atoms with Gasteiger partial charge in [-0.15, -0.1) is 0 Å². The van der Waals surface area contributed by atoms with Crippen LogP contribution in [0.4, 0.5) is 8.78 Å². The van der Waals surface area contributed by atoms with Crippen molar-refractivity contribution in [1.29, 1.82) is 0 Å². The van der Waals surface area contributed by atoms with Crippen LogP contribution >= 0.6 is 0 Å². The predicted molar refractivity (Wildman–Crippen MR) is 81.7 cm³/mol. The van der Waals surface area contributed by atoms with Gasteiger partial charge in [0.05, 0.1) is 20.9 Å². The zero-order valence-electron chi connectivity index (χ0n) is 12.4. The molecule has 0 amide bonds. The second kappa shape index (κ2) is 7.99. The maximum Gasteiger partial charge on any atom is 0.142 e. The van der Waals surface area contributed by atoms with E-state index in [0.29, 0.717) is 0 Å². The van der Waals surface area contributed by atoms with E-state index in [4.69, 9.17) is 0 Å². The summed E-state index contributed by atoms with van der Waals surface area (Å²) in [5.74, 6) is -1.33. The summed E-state index contributed by atoms with van der Waals surface area (Å²) in [7, 11) is -1.44. The van der Waals surface area contributed by atoms with Gasteiger partial charge in [-0.3, -0.25) is 4.21 Å². The van der Waals surface area contributed by atoms with E-state index in [1.807, 2.05) is 6.92 Å². The van der Waals surface area contributed by atoms with Gasteiger partial charge in [0.2, 0.25) is 0 Å². The second-order valence-corrected chi connectivity index (χ2v) is 7.21. The molecule has 0 aliphatic heterocycles. The molecule has 2 nitrogen and oxygen atoms in total. The first-order valence-electron chi connectivity index (χ1n) is 7.72. The van der Waals surface area contributed by atoms with Crippen molar-refractivity contribution in [3.05, 3.63) is 29.8 Å². The summed E-state index contributed by atoms with van der Waals surface area (Å²) in [4.78, 5) is 0.130. The minimum atomic E-state index is -1.44. The van der Waals surface area contributed by atoms with Crippen molar-refractivity contribution in [1.82, 2.24) is 5.32 Å². The molecule has 0 heterocycles. The Morgan fingerprint density at radius 2 is 1.90 bits per heavy atom. The molecule has 3 unspecified atom stereocenters. The van der Waals surface area contributed by atoms with Crippen LogP contribution in [0.2, 0.25) is 0 Å². The lowest BCUT2D eigenvalue weighted by Crippen LogP contribution is -2.43. The zero-order valence-corrected chi connectivity index (χ0v) is 13.2. The Morgan fingerprint density at radius 3 is 2.57 bits per heavy atom. The molecule has 0 aromatic heterocycles. The Balaban J connectivity index is 2.23. The molecule has 1 aliphatic carbocycles. The molecule has 0 bridgehead atoms. The first kappa shape index (κ1) is 16.6. The smallest absolute Gasteiger partial charge is 0.142 e. The lowest BCUT2D eigenvalue weighted by Gasteiger charge is -2.29. The van der Waals surface area contributed by atoms with Crippen LogP contribution in [0.25, 0.3) is 0 Å². The van der Waals surface area contributed by atoms with Gasteiger partial charge in [0, 0.05) is 12.1 Å². The minimum absolute atomic E-state index is 0.106. The number of benzene rings is 1. The molecule has 118 valence electrons. The first-order chi connectivity index (χ1) is 10.1. The number of hydrogen-bond acceptors (Lipinski definition) is 2. The molecule has 1 aliphatic rings. The standard InChI is InChI=1S/C16H23F2NOS/c1-2-19-14-7-5-3-4-6-8-16(14)21(20)15-10-9-12(17)11-13(15)18/h9-11,14,16,19H,2-8H2,1H3. The summed E-state index contributed by atoms with van der Waals surface area (Å²) in [5.41, 5.74) is 0. The normalized spacial score (nSPS) is 25.1. The van der Waals surface area contributed by atoms with Crippen LogP contribution in [0.15, 0.2) is 23.1 Å². The zero-order chi connectivity index (χ0) is 15.2. The molecule has 1 aromatic rings. The quantitative estimate of drug-likeness (QED) is 0.916. The number of hydrogen-bond donors (Lipinski definition) is 1. The highest BCUT2D eigenvalue weighted by atomic mass is 32.2. The molecular weight excluding hydrogens is 292 g/mol. The second-order valence-electron chi connectivity index (χ2n) is 5.57. The highest BCUT2D eigenvalue weighted by molar-refractivity contribution is 7.85. The van der Waals surface area contributed by atoms with Crippen molar-refractivity contribution in [2.24, 2.45) is 0 Å². The monoisotopic (exact) mass is 315 g/mol. The Hall–Kier alpha value is -0.810. The summed E-state index contributed by atoms with van der Waals surface area (Å²) >= 11 is 0. The van der Waals surface area contributed by atoms with Gasteiger partial charge in [0.15, 0.2) is 0 Å². The molecule has 0 spiro atoms. The fourth-order valence-corrected chi connectivity index (χ4v) is 4.69. The van der Waals surface area contributed by atoms with E-state index in [1.165, 1.54) is 18.6 Å². The summed E-state index contributed by atoms with van der Waals surface area (Å²) < 4.78 is 39.7. The number of halogens is 2. The molecular formula is C16H23F2NOS. The highest BCUT2D eigenvalue weighted by Crippen LogP contribution is 2.26. The van der Waals surface area contributed by atoms with Gasteiger partial charge >= 0.3 is 0 Å². The van der Waals surface area contributed by atoms with E-state index in [2.05, 4.69) is 5.32 Å². The molecule has 3 atom stereocenters. The van der Waals surface area contributed by atoms with Gasteiger partial charge in [-0.2, -0.15) is 0 Å². The lowest BCUT2D eigenvalue weighted by atomic mass is 9.96. The Kier molecular flexibility index (Phi) is 6.30. The molecule has 1 fully saturated rings. The SMILES string of the molecule is CCNC1CCCCCCC1S(=O)c1ccc(F)cc1F. The van der Waals surface area contributed by atoms with E-state index in [1.54, 1.807) is 0 Å². The fraction of sp³-hybridized carbons (Fsp3) is 0.625. The largest absolute Gasteiger partial charge is 0.313 e. The van der Waals surface area contributed by atoms with Crippen LogP contribution in [0.1, 0.15) is 45.4 Å². The third kappa shape index (κ3) is 4.33. The van der Waals surface area contributed by atoms with E-state index < -0.39 is 22.4 Å². The third-order valence-corrected chi connectivity index (χ3v) is 5.93. The fourth-order valence-electron chi connectivity index (χ4n) is 3.00. The van der Waals surface area contributed by atoms with Crippen LogP contribution in [0.5, 0.6) is 0 Å². The number of nitrogens with one attached hydrogen (secondary N) is 1. The van der Waals surface area contributed by atoms with Crippen LogP contribution < -0.4 is 5.32 Å². The molecule has 5 heteroatoms. The Bertz CT molecular complexity index is 495. The molecule has 1 aromatic carbocycles. The van der Waals surface area contributed by atoms with Crippen molar-refractivity contribution in [3.63, 3.8) is 0 Å². The molecule has 21 heavy (non-hydrogen) atoms. The van der Waals surface area contributed by atoms with Gasteiger partial charge in [-0.1, -0.05) is 32.6 Å². The van der Waals surface area contributed by atoms with Crippen LogP contribution in [-0.2, 0) is 10.8 Å². The topological polar surface area (TPSA) is 29.1 Å². The maximum atomic E-state index is 13.9. The molecule has 0 saturated heterocycles. The Morgan fingerprint density at radius 1 is 1.19 bits per heavy atom. The predicted octanol–water partition coefficient (Wildman–Crippen LogP) is 3.77. The van der Waals surface area contributed by atoms with Crippen molar-refractivity contribution < 1.29 is 13.0 Å². The maximum absolute atomic E-state index is 13.9. The van der Waals surface area contributed by atoms with Gasteiger partial charge < -0.3 is 5.32 Å². The summed E-state index contributed by atoms with van der Waals surface area (Å²) in [6.07, 6.45) is 6.25. The van der Waals surface area contributed by atoms with Gasteiger partial charge in [-0.25, -0.2) is 8.78 Å². The van der Waals surface area contributed by atoms with Crippen LogP contribution in [0.3, 0.4) is 0 Å². The van der Waals surface area contributed by atoms with Crippen LogP contribution in [0, 0.1) is 11.6 Å². The minimum Gasteiger partial charge on any atom is -0.313 e. The highest BCUT2D eigenvalue weighted by Gasteiger charge is 2.29. The Labute approximate surface area is 127 Å². The van der Waals surface area contributed by atoms with Gasteiger partial charge in [-0.05, 0) is 31.5 Å². The number of rotatable bonds is 4. The third-order valence-electron chi connectivity index (χ3n) is 4.05. The molecule has 2 rings (SSSR count). The van der Waals surface area contributed by atoms with Gasteiger partial charge in [0.25, 0.3) is 0 Å². The van der Waals surface area contributed by atoms with Crippen molar-refractivity contribution >= 4 is 10.8 Å². The lowest BCUT2D eigenvalue weighted by molar-refractivity contribution is 0.400. The average molecular weight is 315 g/mol. The summed E-state index contributed by atoms with van der Waals surface area (Å²) in [6, 6.07) is 3.46.